The van der Waals surface area contributed by atoms with E-state index in [4.69, 9.17) is 0 Å². The highest BCUT2D eigenvalue weighted by Gasteiger charge is 2.33. The van der Waals surface area contributed by atoms with Crippen molar-refractivity contribution in [2.75, 3.05) is 23.3 Å². The number of pyridine rings is 1. The van der Waals surface area contributed by atoms with E-state index in [0.29, 0.717) is 36.9 Å². The molecule has 0 aromatic carbocycles. The molecule has 2 aromatic rings. The van der Waals surface area contributed by atoms with Gasteiger partial charge in [-0.15, -0.1) is 11.3 Å². The third kappa shape index (κ3) is 3.84. The molecule has 0 saturated carbocycles. The minimum absolute atomic E-state index is 0.0546. The van der Waals surface area contributed by atoms with Crippen molar-refractivity contribution >= 4 is 28.2 Å². The number of hydrogen-bond donors (Lipinski definition) is 1. The molecule has 0 bridgehead atoms. The molecule has 1 amide bonds. The molecule has 1 saturated heterocycles. The van der Waals surface area contributed by atoms with Gasteiger partial charge in [-0.25, -0.2) is 9.97 Å². The summed E-state index contributed by atoms with van der Waals surface area (Å²) in [6.07, 6.45) is -0.464. The molecule has 1 fully saturated rings. The van der Waals surface area contributed by atoms with Gasteiger partial charge in [-0.2, -0.15) is 13.2 Å². The fraction of sp³-hybridized carbons (Fsp3) is 0.400. The van der Waals surface area contributed by atoms with E-state index in [1.165, 1.54) is 17.4 Å². The monoisotopic (exact) mass is 357 g/mol. The first-order valence-corrected chi connectivity index (χ1v) is 8.35. The Balaban J connectivity index is 1.56. The Hall–Kier alpha value is -2.16. The van der Waals surface area contributed by atoms with E-state index < -0.39 is 11.7 Å². The van der Waals surface area contributed by atoms with Gasteiger partial charge in [-0.1, -0.05) is 0 Å². The Labute approximate surface area is 140 Å². The molecule has 1 aliphatic rings. The van der Waals surface area contributed by atoms with Crippen LogP contribution in [0.1, 0.15) is 18.4 Å². The first-order valence-electron chi connectivity index (χ1n) is 7.48. The molecule has 3 rings (SSSR count). The van der Waals surface area contributed by atoms with E-state index in [-0.39, 0.29) is 11.8 Å². The summed E-state index contributed by atoms with van der Waals surface area (Å²) in [6.45, 7) is 1.22. The lowest BCUT2D eigenvalue weighted by Gasteiger charge is -2.26. The van der Waals surface area contributed by atoms with Gasteiger partial charge in [0.1, 0.15) is 6.20 Å². The van der Waals surface area contributed by atoms with E-state index in [9.17, 15) is 18.0 Å². The molecule has 9 heteroatoms. The summed E-state index contributed by atoms with van der Waals surface area (Å²) in [4.78, 5) is 20.8. The summed E-state index contributed by atoms with van der Waals surface area (Å²) >= 11 is 1.37. The van der Waals surface area contributed by atoms with E-state index in [1.807, 2.05) is 4.90 Å². The van der Waals surface area contributed by atoms with Crippen LogP contribution >= 0.6 is 11.3 Å². The SMILES string of the molecule is O=C(Nc1nccs1)C1CCN(c2ccc(C(F)(F)F)c[nH+]2)CC1. The summed E-state index contributed by atoms with van der Waals surface area (Å²) in [7, 11) is 0. The fourth-order valence-electron chi connectivity index (χ4n) is 2.66. The minimum atomic E-state index is -4.35. The molecule has 0 aliphatic carbocycles. The first kappa shape index (κ1) is 16.7. The van der Waals surface area contributed by atoms with Crippen LogP contribution in [0.15, 0.2) is 29.9 Å². The lowest BCUT2D eigenvalue weighted by atomic mass is 9.96. The maximum Gasteiger partial charge on any atom is 0.419 e. The lowest BCUT2D eigenvalue weighted by molar-refractivity contribution is -0.367. The number of nitrogens with one attached hydrogen (secondary N) is 2. The van der Waals surface area contributed by atoms with Crippen molar-refractivity contribution in [2.24, 2.45) is 5.92 Å². The molecule has 1 aliphatic heterocycles. The largest absolute Gasteiger partial charge is 0.419 e. The Kier molecular flexibility index (Phi) is 4.70. The zero-order chi connectivity index (χ0) is 17.2. The number of halogens is 3. The molecule has 0 radical (unpaired) electrons. The number of nitrogens with zero attached hydrogens (tertiary/aromatic N) is 2. The van der Waals surface area contributed by atoms with Gasteiger partial charge in [0, 0.05) is 23.6 Å². The van der Waals surface area contributed by atoms with Gasteiger partial charge in [0.25, 0.3) is 5.82 Å². The number of alkyl halides is 3. The molecule has 0 unspecified atom stereocenters. The van der Waals surface area contributed by atoms with Crippen LogP contribution in [0, 0.1) is 5.92 Å². The highest BCUT2D eigenvalue weighted by molar-refractivity contribution is 7.13. The van der Waals surface area contributed by atoms with Gasteiger partial charge in [0.2, 0.25) is 5.91 Å². The summed E-state index contributed by atoms with van der Waals surface area (Å²) < 4.78 is 37.7. The van der Waals surface area contributed by atoms with Crippen molar-refractivity contribution in [1.82, 2.24) is 4.98 Å². The van der Waals surface area contributed by atoms with Crippen molar-refractivity contribution in [3.8, 4) is 0 Å². The van der Waals surface area contributed by atoms with Crippen molar-refractivity contribution in [2.45, 2.75) is 19.0 Å². The third-order valence-electron chi connectivity index (χ3n) is 3.99. The minimum Gasteiger partial charge on any atom is -0.302 e. The van der Waals surface area contributed by atoms with Crippen LogP contribution in [-0.2, 0) is 11.0 Å². The van der Waals surface area contributed by atoms with Gasteiger partial charge >= 0.3 is 6.18 Å². The first-order chi connectivity index (χ1) is 11.4. The Bertz CT molecular complexity index is 680. The van der Waals surface area contributed by atoms with Crippen LogP contribution in [0.2, 0.25) is 0 Å². The Morgan fingerprint density at radius 3 is 2.62 bits per heavy atom. The number of amides is 1. The molecule has 0 spiro atoms. The van der Waals surface area contributed by atoms with E-state index in [0.717, 1.165) is 12.3 Å². The highest BCUT2D eigenvalue weighted by atomic mass is 32.1. The predicted octanol–water partition coefficient (Wildman–Crippen LogP) is 2.83. The van der Waals surface area contributed by atoms with Crippen LogP contribution in [0.5, 0.6) is 0 Å². The second-order valence-electron chi connectivity index (χ2n) is 5.55. The molecule has 0 atom stereocenters. The summed E-state index contributed by atoms with van der Waals surface area (Å²) in [5.41, 5.74) is -0.705. The predicted molar refractivity (Wildman–Crippen MR) is 83.7 cm³/mol. The van der Waals surface area contributed by atoms with Gasteiger partial charge in [-0.3, -0.25) is 9.69 Å². The lowest BCUT2D eigenvalue weighted by Crippen LogP contribution is -2.40. The van der Waals surface area contributed by atoms with Crippen molar-refractivity contribution in [1.29, 1.82) is 0 Å². The third-order valence-corrected chi connectivity index (χ3v) is 4.68. The fourth-order valence-corrected chi connectivity index (χ4v) is 3.20. The maximum atomic E-state index is 12.6. The average Bonchev–Trinajstić information content (AvgIpc) is 3.07. The molecule has 3 heterocycles. The molecule has 2 N–H and O–H groups in total. The maximum absolute atomic E-state index is 12.6. The zero-order valence-corrected chi connectivity index (χ0v) is 13.5. The Morgan fingerprint density at radius 2 is 2.08 bits per heavy atom. The van der Waals surface area contributed by atoms with Crippen LogP contribution in [0.3, 0.4) is 0 Å². The van der Waals surface area contributed by atoms with Crippen molar-refractivity contribution < 1.29 is 22.9 Å². The molecular formula is C15H16F3N4OS+. The van der Waals surface area contributed by atoms with Crippen molar-refractivity contribution in [3.05, 3.63) is 35.5 Å². The van der Waals surface area contributed by atoms with E-state index in [2.05, 4.69) is 15.3 Å². The molecule has 128 valence electrons. The van der Waals surface area contributed by atoms with Crippen LogP contribution in [0.4, 0.5) is 24.1 Å². The van der Waals surface area contributed by atoms with Crippen molar-refractivity contribution in [3.63, 3.8) is 0 Å². The van der Waals surface area contributed by atoms with Crippen LogP contribution in [0.25, 0.3) is 0 Å². The number of aromatic nitrogens is 2. The van der Waals surface area contributed by atoms with Gasteiger partial charge in [-0.05, 0) is 18.9 Å². The number of piperidine rings is 1. The smallest absolute Gasteiger partial charge is 0.302 e. The molecule has 5 nitrogen and oxygen atoms in total. The molecule has 2 aromatic heterocycles. The number of carbonyl (C=O) groups is 1. The van der Waals surface area contributed by atoms with Gasteiger partial charge < -0.3 is 5.32 Å². The van der Waals surface area contributed by atoms with E-state index >= 15 is 0 Å². The second kappa shape index (κ2) is 6.76. The number of thiazole rings is 1. The summed E-state index contributed by atoms with van der Waals surface area (Å²) in [5, 5.41) is 5.16. The van der Waals surface area contributed by atoms with Crippen LogP contribution in [-0.4, -0.2) is 24.0 Å². The number of rotatable bonds is 3. The van der Waals surface area contributed by atoms with Gasteiger partial charge in [0.15, 0.2) is 5.13 Å². The number of hydrogen-bond acceptors (Lipinski definition) is 4. The quantitative estimate of drug-likeness (QED) is 0.919. The average molecular weight is 357 g/mol. The topological polar surface area (TPSA) is 59.4 Å². The molecular weight excluding hydrogens is 341 g/mol. The standard InChI is InChI=1S/C15H15F3N4OS/c16-15(17,18)11-1-2-12(20-9-11)22-6-3-10(4-7-22)13(23)21-14-19-5-8-24-14/h1-2,5,8-10H,3-4,6-7H2,(H,19,21,23)/p+1. The number of H-pyrrole nitrogens is 1. The van der Waals surface area contributed by atoms with E-state index in [1.54, 1.807) is 11.6 Å². The zero-order valence-electron chi connectivity index (χ0n) is 12.6. The second-order valence-corrected chi connectivity index (χ2v) is 6.44. The number of aromatic amines is 1. The summed E-state index contributed by atoms with van der Waals surface area (Å²) in [6, 6.07) is 2.49. The van der Waals surface area contributed by atoms with Crippen LogP contribution < -0.4 is 15.2 Å². The number of anilines is 2. The number of carbonyl (C=O) groups excluding carboxylic acids is 1. The molecule has 24 heavy (non-hydrogen) atoms. The Morgan fingerprint density at radius 1 is 1.33 bits per heavy atom. The highest BCUT2D eigenvalue weighted by Crippen LogP contribution is 2.29. The van der Waals surface area contributed by atoms with Gasteiger partial charge in [0.05, 0.1) is 18.7 Å². The normalized spacial score (nSPS) is 16.2. The summed E-state index contributed by atoms with van der Waals surface area (Å²) in [5.74, 6) is 0.461.